The molecule has 9 heteroatoms. The molecule has 26 heavy (non-hydrogen) atoms. The normalized spacial score (nSPS) is 16.1. The molecule has 2 heterocycles. The summed E-state index contributed by atoms with van der Waals surface area (Å²) >= 11 is 0. The zero-order valence-corrected chi connectivity index (χ0v) is 15.6. The lowest BCUT2D eigenvalue weighted by Crippen LogP contribution is -2.27. The fourth-order valence-corrected chi connectivity index (χ4v) is 3.78. The van der Waals surface area contributed by atoms with Crippen molar-refractivity contribution in [3.63, 3.8) is 0 Å². The number of nitrogens with one attached hydrogen (secondary N) is 1. The van der Waals surface area contributed by atoms with Crippen molar-refractivity contribution in [2.75, 3.05) is 5.32 Å². The number of imidazole rings is 1. The second kappa shape index (κ2) is 8.39. The van der Waals surface area contributed by atoms with E-state index in [-0.39, 0.29) is 11.7 Å². The zero-order chi connectivity index (χ0) is 18.5. The first-order valence-electron chi connectivity index (χ1n) is 8.75. The number of carbonyl (C=O) groups excluding carboxylic acids is 1. The minimum atomic E-state index is -2.55. The molecule has 0 aromatic carbocycles. The van der Waals surface area contributed by atoms with Crippen molar-refractivity contribution in [1.29, 1.82) is 0 Å². The molecule has 0 saturated heterocycles. The summed E-state index contributed by atoms with van der Waals surface area (Å²) in [6.07, 6.45) is 11.6. The third kappa shape index (κ3) is 4.87. The van der Waals surface area contributed by atoms with Gasteiger partial charge in [0.05, 0.1) is 35.9 Å². The van der Waals surface area contributed by atoms with E-state index in [2.05, 4.69) is 20.3 Å². The maximum absolute atomic E-state index is 12.9. The van der Waals surface area contributed by atoms with Gasteiger partial charge >= 0.3 is 0 Å². The lowest BCUT2D eigenvalue weighted by atomic mass is 9.97. The van der Waals surface area contributed by atoms with Gasteiger partial charge in [-0.15, -0.1) is 0 Å². The Morgan fingerprint density at radius 2 is 2.04 bits per heavy atom. The van der Waals surface area contributed by atoms with E-state index < -0.39 is 16.7 Å². The first-order chi connectivity index (χ1) is 12.5. The standard InChI is InChI=1S/C17H23N5O3S/c1-12-7-19-16(8-18-12)21-17(23)15(6-13-4-2-3-5-13)22-9-14(20-11-22)10-26(24)25/h7-9,11,13,15,26H,2-6,10H2,1H3,(H,19,21,23)/t15-/m0/s1. The Kier molecular flexibility index (Phi) is 5.97. The molecule has 0 aliphatic heterocycles. The van der Waals surface area contributed by atoms with Gasteiger partial charge in [0.2, 0.25) is 5.91 Å². The smallest absolute Gasteiger partial charge is 0.248 e. The Balaban J connectivity index is 1.78. The summed E-state index contributed by atoms with van der Waals surface area (Å²) in [6.45, 7) is 1.83. The van der Waals surface area contributed by atoms with Crippen LogP contribution in [-0.2, 0) is 21.3 Å². The van der Waals surface area contributed by atoms with E-state index in [0.717, 1.165) is 18.5 Å². The molecule has 8 nitrogen and oxygen atoms in total. The average Bonchev–Trinajstić information content (AvgIpc) is 3.26. The van der Waals surface area contributed by atoms with Crippen molar-refractivity contribution < 1.29 is 13.2 Å². The molecule has 1 amide bonds. The Labute approximate surface area is 154 Å². The predicted molar refractivity (Wildman–Crippen MR) is 97.3 cm³/mol. The molecule has 0 radical (unpaired) electrons. The highest BCUT2D eigenvalue weighted by Gasteiger charge is 2.27. The molecule has 140 valence electrons. The lowest BCUT2D eigenvalue weighted by Gasteiger charge is -2.21. The second-order valence-corrected chi connectivity index (χ2v) is 7.72. The Bertz CT molecular complexity index is 817. The zero-order valence-electron chi connectivity index (χ0n) is 14.7. The van der Waals surface area contributed by atoms with Crippen LogP contribution < -0.4 is 5.32 Å². The van der Waals surface area contributed by atoms with Crippen molar-refractivity contribution in [3.05, 3.63) is 36.3 Å². The third-order valence-electron chi connectivity index (χ3n) is 4.67. The number of amides is 1. The largest absolute Gasteiger partial charge is 0.325 e. The number of nitrogens with zero attached hydrogens (tertiary/aromatic N) is 4. The van der Waals surface area contributed by atoms with Crippen LogP contribution in [0, 0.1) is 12.8 Å². The van der Waals surface area contributed by atoms with Crippen molar-refractivity contribution in [3.8, 4) is 0 Å². The fraction of sp³-hybridized carbons (Fsp3) is 0.529. The summed E-state index contributed by atoms with van der Waals surface area (Å²) in [6, 6.07) is -0.452. The first kappa shape index (κ1) is 18.5. The van der Waals surface area contributed by atoms with E-state index >= 15 is 0 Å². The maximum Gasteiger partial charge on any atom is 0.248 e. The van der Waals surface area contributed by atoms with Crippen LogP contribution in [0.1, 0.15) is 49.5 Å². The quantitative estimate of drug-likeness (QED) is 0.713. The summed E-state index contributed by atoms with van der Waals surface area (Å²) in [7, 11) is -2.55. The van der Waals surface area contributed by atoms with Crippen LogP contribution in [0.15, 0.2) is 24.9 Å². The summed E-state index contributed by atoms with van der Waals surface area (Å²) in [4.78, 5) is 25.3. The number of hydrogen-bond acceptors (Lipinski definition) is 6. The van der Waals surface area contributed by atoms with Gasteiger partial charge in [-0.3, -0.25) is 9.78 Å². The molecule has 2 aromatic rings. The molecular weight excluding hydrogens is 354 g/mol. The number of thiol groups is 1. The van der Waals surface area contributed by atoms with Crippen LogP contribution in [0.5, 0.6) is 0 Å². The molecule has 1 atom stereocenters. The van der Waals surface area contributed by atoms with Gasteiger partial charge in [0, 0.05) is 6.20 Å². The maximum atomic E-state index is 12.9. The number of anilines is 1. The molecule has 1 N–H and O–H groups in total. The van der Waals surface area contributed by atoms with Crippen molar-refractivity contribution >= 4 is 22.4 Å². The molecule has 0 unspecified atom stereocenters. The van der Waals surface area contributed by atoms with Crippen LogP contribution in [0.2, 0.25) is 0 Å². The van der Waals surface area contributed by atoms with E-state index in [9.17, 15) is 13.2 Å². The van der Waals surface area contributed by atoms with Crippen LogP contribution >= 0.6 is 0 Å². The summed E-state index contributed by atoms with van der Waals surface area (Å²) < 4.78 is 23.6. The molecule has 1 saturated carbocycles. The Morgan fingerprint density at radius 3 is 2.69 bits per heavy atom. The number of aromatic nitrogens is 4. The molecule has 2 aromatic heterocycles. The summed E-state index contributed by atoms with van der Waals surface area (Å²) in [5, 5.41) is 2.81. The van der Waals surface area contributed by atoms with E-state index in [4.69, 9.17) is 0 Å². The molecule has 1 fully saturated rings. The van der Waals surface area contributed by atoms with Gasteiger partial charge in [-0.2, -0.15) is 0 Å². The van der Waals surface area contributed by atoms with Gasteiger partial charge in [0.1, 0.15) is 16.7 Å². The monoisotopic (exact) mass is 377 g/mol. The number of carbonyl (C=O) groups is 1. The Morgan fingerprint density at radius 1 is 1.27 bits per heavy atom. The van der Waals surface area contributed by atoms with Crippen molar-refractivity contribution in [2.24, 2.45) is 5.92 Å². The van der Waals surface area contributed by atoms with Crippen LogP contribution in [0.3, 0.4) is 0 Å². The van der Waals surface area contributed by atoms with Gasteiger partial charge in [0.15, 0.2) is 5.82 Å². The van der Waals surface area contributed by atoms with Crippen LogP contribution in [0.4, 0.5) is 5.82 Å². The highest BCUT2D eigenvalue weighted by molar-refractivity contribution is 7.71. The van der Waals surface area contributed by atoms with E-state index in [1.807, 2.05) is 6.92 Å². The molecular formula is C17H23N5O3S. The Hall–Kier alpha value is -2.29. The SMILES string of the molecule is Cc1cnc(NC(=O)[C@H](CC2CCCC2)n2cnc(C[SH](=O)=O)c2)cn1. The van der Waals surface area contributed by atoms with Crippen molar-refractivity contribution in [1.82, 2.24) is 19.5 Å². The third-order valence-corrected chi connectivity index (χ3v) is 5.25. The molecule has 1 aliphatic carbocycles. The average molecular weight is 377 g/mol. The number of aryl methyl sites for hydroxylation is 1. The minimum absolute atomic E-state index is 0.121. The highest BCUT2D eigenvalue weighted by Crippen LogP contribution is 2.32. The van der Waals surface area contributed by atoms with Gasteiger partial charge in [-0.05, 0) is 19.3 Å². The van der Waals surface area contributed by atoms with E-state index in [1.165, 1.54) is 25.4 Å². The summed E-state index contributed by atoms with van der Waals surface area (Å²) in [5.41, 5.74) is 1.22. The minimum Gasteiger partial charge on any atom is -0.325 e. The topological polar surface area (TPSA) is 107 Å². The number of hydrogen-bond donors (Lipinski definition) is 2. The van der Waals surface area contributed by atoms with Crippen molar-refractivity contribution in [2.45, 2.75) is 50.8 Å². The molecule has 3 rings (SSSR count). The lowest BCUT2D eigenvalue weighted by molar-refractivity contribution is -0.119. The predicted octanol–water partition coefficient (Wildman–Crippen LogP) is 1.85. The molecule has 0 bridgehead atoms. The number of rotatable bonds is 7. The first-order valence-corrected chi connectivity index (χ1v) is 10.1. The van der Waals surface area contributed by atoms with E-state index in [1.54, 1.807) is 17.0 Å². The van der Waals surface area contributed by atoms with Crippen LogP contribution in [0.25, 0.3) is 0 Å². The van der Waals surface area contributed by atoms with Gasteiger partial charge in [-0.1, -0.05) is 25.7 Å². The fourth-order valence-electron chi connectivity index (χ4n) is 3.36. The van der Waals surface area contributed by atoms with E-state index in [0.29, 0.717) is 23.9 Å². The highest BCUT2D eigenvalue weighted by atomic mass is 32.2. The van der Waals surface area contributed by atoms with Crippen LogP contribution in [-0.4, -0.2) is 33.8 Å². The second-order valence-electron chi connectivity index (χ2n) is 6.74. The molecule has 1 aliphatic rings. The van der Waals surface area contributed by atoms with Gasteiger partial charge < -0.3 is 9.88 Å². The van der Waals surface area contributed by atoms with Gasteiger partial charge in [-0.25, -0.2) is 18.4 Å². The van der Waals surface area contributed by atoms with Gasteiger partial charge in [0.25, 0.3) is 0 Å². The molecule has 0 spiro atoms. The summed E-state index contributed by atoms with van der Waals surface area (Å²) in [5.74, 6) is 0.575.